The van der Waals surface area contributed by atoms with E-state index in [2.05, 4.69) is 10.3 Å². The number of anilines is 1. The highest BCUT2D eigenvalue weighted by Gasteiger charge is 2.57. The Morgan fingerprint density at radius 3 is 2.74 bits per heavy atom. The number of quaternary nitrogens is 1. The van der Waals surface area contributed by atoms with Gasteiger partial charge in [-0.25, -0.2) is 14.6 Å². The van der Waals surface area contributed by atoms with E-state index in [1.807, 2.05) is 13.8 Å². The molecule has 0 aliphatic heterocycles. The second-order valence-electron chi connectivity index (χ2n) is 7.16. The van der Waals surface area contributed by atoms with Crippen LogP contribution >= 0.6 is 0 Å². The van der Waals surface area contributed by atoms with Crippen molar-refractivity contribution < 1.29 is 19.9 Å². The zero-order valence-electron chi connectivity index (χ0n) is 16.1. The average Bonchev–Trinajstić information content (AvgIpc) is 3.25. The summed E-state index contributed by atoms with van der Waals surface area (Å²) in [6.45, 7) is 5.79. The molecule has 0 bridgehead atoms. The van der Waals surface area contributed by atoms with Crippen molar-refractivity contribution in [3.63, 3.8) is 0 Å². The Hall–Kier alpha value is -2.31. The number of halogens is 1. The van der Waals surface area contributed by atoms with Crippen molar-refractivity contribution in [3.8, 4) is 0 Å². The molecule has 2 unspecified atom stereocenters. The number of benzene rings is 1. The number of nitrogens with zero attached hydrogens (tertiary/aromatic N) is 1. The number of rotatable bonds is 4. The van der Waals surface area contributed by atoms with E-state index in [0.717, 1.165) is 29.4 Å². The summed E-state index contributed by atoms with van der Waals surface area (Å²) in [5.41, 5.74) is 3.66. The first-order valence-electron chi connectivity index (χ1n) is 9.59. The minimum absolute atomic E-state index is 0.0573. The summed E-state index contributed by atoms with van der Waals surface area (Å²) in [5, 5.41) is 11.6. The van der Waals surface area contributed by atoms with Gasteiger partial charge in [0, 0.05) is 29.3 Å². The van der Waals surface area contributed by atoms with Gasteiger partial charge in [-0.2, -0.15) is 5.48 Å². The summed E-state index contributed by atoms with van der Waals surface area (Å²) < 4.78 is 14.5. The Labute approximate surface area is 159 Å². The van der Waals surface area contributed by atoms with E-state index in [4.69, 9.17) is 5.21 Å². The molecule has 1 aromatic carbocycles. The Balaban J connectivity index is 0.00000102. The fraction of sp³-hybridized carbons (Fsp3) is 0.429. The molecule has 0 saturated heterocycles. The summed E-state index contributed by atoms with van der Waals surface area (Å²) in [4.78, 5) is 16.6. The van der Waals surface area contributed by atoms with Crippen LogP contribution in [0.15, 0.2) is 30.5 Å². The third-order valence-corrected chi connectivity index (χ3v) is 5.71. The Kier molecular flexibility index (Phi) is 5.58. The number of aryl methyl sites for hydroxylation is 1. The van der Waals surface area contributed by atoms with E-state index in [-0.39, 0.29) is 11.2 Å². The summed E-state index contributed by atoms with van der Waals surface area (Å²) >= 11 is 0. The minimum Gasteiger partial charge on any atom is -0.304 e. The lowest BCUT2D eigenvalue weighted by Gasteiger charge is -2.14. The summed E-state index contributed by atoms with van der Waals surface area (Å²) in [6.07, 6.45) is 6.35. The Morgan fingerprint density at radius 2 is 2.15 bits per heavy atom. The molecule has 5 nitrogen and oxygen atoms in total. The monoisotopic (exact) mass is 372 g/mol. The van der Waals surface area contributed by atoms with Crippen LogP contribution in [0.2, 0.25) is 0 Å². The molecule has 4 N–H and O–H groups in total. The third-order valence-electron chi connectivity index (χ3n) is 5.71. The molecule has 2 aliphatic rings. The van der Waals surface area contributed by atoms with Gasteiger partial charge in [-0.15, -0.1) is 0 Å². The van der Waals surface area contributed by atoms with E-state index in [9.17, 15) is 9.18 Å². The lowest BCUT2D eigenvalue weighted by atomic mass is 9.95. The van der Waals surface area contributed by atoms with E-state index in [0.29, 0.717) is 17.2 Å². The fourth-order valence-corrected chi connectivity index (χ4v) is 4.17. The number of pyridine rings is 1. The quantitative estimate of drug-likeness (QED) is 0.564. The molecule has 0 spiro atoms. The van der Waals surface area contributed by atoms with Gasteiger partial charge in [0.05, 0.1) is 0 Å². The highest BCUT2D eigenvalue weighted by Crippen LogP contribution is 2.64. The van der Waals surface area contributed by atoms with Crippen molar-refractivity contribution in [1.82, 2.24) is 4.98 Å². The Bertz CT molecular complexity index is 855. The van der Waals surface area contributed by atoms with Gasteiger partial charge in [0.25, 0.3) is 5.91 Å². The van der Waals surface area contributed by atoms with Crippen LogP contribution in [0.5, 0.6) is 0 Å². The normalized spacial score (nSPS) is 22.5. The SMILES string of the molecule is CC.Cc1ccc([NH2+]O)cc1C(=O)Nc1ncc(C23CCCC2C3)cc1F. The molecule has 2 fully saturated rings. The molecule has 4 rings (SSSR count). The molecule has 1 heterocycles. The van der Waals surface area contributed by atoms with Crippen LogP contribution in [0, 0.1) is 18.7 Å². The van der Waals surface area contributed by atoms with Gasteiger partial charge in [-0.1, -0.05) is 26.3 Å². The molecule has 144 valence electrons. The number of hydrogen-bond donors (Lipinski definition) is 3. The highest BCUT2D eigenvalue weighted by atomic mass is 19.1. The topological polar surface area (TPSA) is 78.8 Å². The van der Waals surface area contributed by atoms with Crippen molar-refractivity contribution in [1.29, 1.82) is 0 Å². The molecule has 2 aliphatic carbocycles. The van der Waals surface area contributed by atoms with Gasteiger partial charge >= 0.3 is 0 Å². The minimum atomic E-state index is -0.500. The van der Waals surface area contributed by atoms with Crippen LogP contribution in [0.25, 0.3) is 0 Å². The number of nitrogens with two attached hydrogens (primary N) is 1. The molecule has 2 atom stereocenters. The first kappa shape index (κ1) is 19.5. The summed E-state index contributed by atoms with van der Waals surface area (Å²) in [6, 6.07) is 6.52. The van der Waals surface area contributed by atoms with E-state index in [1.54, 1.807) is 31.3 Å². The van der Waals surface area contributed by atoms with Gasteiger partial charge < -0.3 is 5.32 Å². The van der Waals surface area contributed by atoms with E-state index in [1.165, 1.54) is 18.9 Å². The van der Waals surface area contributed by atoms with Crippen LogP contribution in [0.3, 0.4) is 0 Å². The standard InChI is InChI=1S/C19H20FN3O2.C2H6/c1-11-4-5-14(23-25)8-15(11)18(24)22-17-16(20)7-13(10-21-17)19-6-2-3-12(19)9-19;1-2/h4-5,7-8,10,12,23,25H,2-3,6,9H2,1H3,(H,21,22,24);1-2H3/p+1. The lowest BCUT2D eigenvalue weighted by Crippen LogP contribution is -2.73. The first-order chi connectivity index (χ1) is 13.0. The zero-order valence-corrected chi connectivity index (χ0v) is 16.1. The number of fused-ring (bicyclic) bond motifs is 1. The predicted molar refractivity (Wildman–Crippen MR) is 102 cm³/mol. The summed E-state index contributed by atoms with van der Waals surface area (Å²) in [5.74, 6) is -0.323. The van der Waals surface area contributed by atoms with Crippen molar-refractivity contribution in [3.05, 3.63) is 53.0 Å². The Morgan fingerprint density at radius 1 is 1.37 bits per heavy atom. The maximum absolute atomic E-state index is 14.5. The fourth-order valence-electron chi connectivity index (χ4n) is 4.17. The molecule has 2 aromatic rings. The van der Waals surface area contributed by atoms with Crippen molar-refractivity contribution in [2.45, 2.75) is 51.9 Å². The maximum Gasteiger partial charge on any atom is 0.257 e. The molecule has 2 saturated carbocycles. The molecule has 6 heteroatoms. The second kappa shape index (κ2) is 7.74. The van der Waals surface area contributed by atoms with E-state index < -0.39 is 11.7 Å². The largest absolute Gasteiger partial charge is 0.304 e. The van der Waals surface area contributed by atoms with Crippen LogP contribution in [0.4, 0.5) is 15.9 Å². The smallest absolute Gasteiger partial charge is 0.257 e. The van der Waals surface area contributed by atoms with Gasteiger partial charge in [0.2, 0.25) is 0 Å². The van der Waals surface area contributed by atoms with E-state index >= 15 is 0 Å². The molecule has 1 amide bonds. The van der Waals surface area contributed by atoms with Crippen LogP contribution in [-0.2, 0) is 5.41 Å². The predicted octanol–water partition coefficient (Wildman–Crippen LogP) is 3.83. The molecule has 1 aromatic heterocycles. The zero-order chi connectivity index (χ0) is 19.6. The number of carbonyl (C=O) groups is 1. The lowest BCUT2D eigenvalue weighted by molar-refractivity contribution is -0.825. The number of carbonyl (C=O) groups excluding carboxylic acids is 1. The molecule has 27 heavy (non-hydrogen) atoms. The van der Waals surface area contributed by atoms with Gasteiger partial charge in [0.1, 0.15) is 0 Å². The third kappa shape index (κ3) is 3.59. The van der Waals surface area contributed by atoms with Crippen molar-refractivity contribution in [2.75, 3.05) is 5.32 Å². The highest BCUT2D eigenvalue weighted by molar-refractivity contribution is 6.05. The van der Waals surface area contributed by atoms with Crippen LogP contribution < -0.4 is 10.8 Å². The maximum atomic E-state index is 14.5. The van der Waals surface area contributed by atoms with Crippen LogP contribution in [0.1, 0.15) is 61.0 Å². The van der Waals surface area contributed by atoms with Gasteiger partial charge in [-0.05, 0) is 49.3 Å². The van der Waals surface area contributed by atoms with Gasteiger partial charge in [-0.3, -0.25) is 4.79 Å². The molecular weight excluding hydrogens is 345 g/mol. The number of aromatic nitrogens is 1. The molecule has 0 radical (unpaired) electrons. The average molecular weight is 372 g/mol. The number of amides is 1. The van der Waals surface area contributed by atoms with Crippen molar-refractivity contribution >= 4 is 17.4 Å². The van der Waals surface area contributed by atoms with Crippen LogP contribution in [-0.4, -0.2) is 16.1 Å². The van der Waals surface area contributed by atoms with Crippen molar-refractivity contribution in [2.24, 2.45) is 5.92 Å². The molecular formula is C21H27FN3O2+. The first-order valence-corrected chi connectivity index (χ1v) is 9.59. The van der Waals surface area contributed by atoms with Gasteiger partial charge in [0.15, 0.2) is 17.3 Å². The number of hydrogen-bond acceptors (Lipinski definition) is 3. The second-order valence-corrected chi connectivity index (χ2v) is 7.16. The summed E-state index contributed by atoms with van der Waals surface area (Å²) in [7, 11) is 0. The number of nitrogens with one attached hydrogen (secondary N) is 1.